The molecule has 0 aliphatic heterocycles. The summed E-state index contributed by atoms with van der Waals surface area (Å²) in [7, 11) is 0. The molecule has 160 valence electrons. The van der Waals surface area contributed by atoms with Crippen LogP contribution in [0.25, 0.3) is 0 Å². The normalized spacial score (nSPS) is 10.4. The van der Waals surface area contributed by atoms with Gasteiger partial charge < -0.3 is 14.2 Å². The molecule has 6 heteroatoms. The van der Waals surface area contributed by atoms with Gasteiger partial charge in [-0.05, 0) is 54.8 Å². The van der Waals surface area contributed by atoms with E-state index in [1.165, 1.54) is 0 Å². The summed E-state index contributed by atoms with van der Waals surface area (Å²) in [5.41, 5.74) is 2.96. The smallest absolute Gasteiger partial charge is 0.349 e. The third-order valence-corrected chi connectivity index (χ3v) is 5.16. The average molecular weight is 439 g/mol. The lowest BCUT2D eigenvalue weighted by molar-refractivity contribution is -0.136. The standard InChI is InChI=1S/C25H23ClO5/c1-17-14-20(15-18(2)24(17)26)30-16-23(27)31-22-11-7-6-10-21(22)25(28)29-13-12-19-8-4-3-5-9-19/h3-11,14-15H,12-13,16H2,1-2H3. The van der Waals surface area contributed by atoms with Gasteiger partial charge in [0.15, 0.2) is 6.61 Å². The third kappa shape index (κ3) is 6.33. The van der Waals surface area contributed by atoms with Crippen molar-refractivity contribution < 1.29 is 23.8 Å². The van der Waals surface area contributed by atoms with E-state index in [0.29, 0.717) is 17.2 Å². The molecule has 0 fully saturated rings. The van der Waals surface area contributed by atoms with Crippen molar-refractivity contribution in [1.29, 1.82) is 0 Å². The fraction of sp³-hybridized carbons (Fsp3) is 0.200. The van der Waals surface area contributed by atoms with Gasteiger partial charge in [0.2, 0.25) is 0 Å². The van der Waals surface area contributed by atoms with Crippen LogP contribution in [0, 0.1) is 13.8 Å². The summed E-state index contributed by atoms with van der Waals surface area (Å²) in [5, 5.41) is 0.662. The minimum atomic E-state index is -0.630. The van der Waals surface area contributed by atoms with Gasteiger partial charge in [0.25, 0.3) is 0 Å². The van der Waals surface area contributed by atoms with Gasteiger partial charge in [-0.3, -0.25) is 0 Å². The highest BCUT2D eigenvalue weighted by atomic mass is 35.5. The van der Waals surface area contributed by atoms with Crippen LogP contribution in [0.5, 0.6) is 11.5 Å². The molecule has 3 aromatic rings. The lowest BCUT2D eigenvalue weighted by Crippen LogP contribution is -2.19. The van der Waals surface area contributed by atoms with Crippen molar-refractivity contribution >= 4 is 23.5 Å². The Morgan fingerprint density at radius 2 is 1.55 bits per heavy atom. The molecule has 5 nitrogen and oxygen atoms in total. The van der Waals surface area contributed by atoms with Gasteiger partial charge in [0.1, 0.15) is 17.1 Å². The number of aryl methyl sites for hydroxylation is 2. The summed E-state index contributed by atoms with van der Waals surface area (Å²) in [6.45, 7) is 3.64. The molecule has 0 aromatic heterocycles. The highest BCUT2D eigenvalue weighted by molar-refractivity contribution is 6.32. The Morgan fingerprint density at radius 1 is 0.903 bits per heavy atom. The molecule has 0 unspecified atom stereocenters. The number of carbonyl (C=O) groups excluding carboxylic acids is 2. The lowest BCUT2D eigenvalue weighted by atomic mass is 10.1. The summed E-state index contributed by atoms with van der Waals surface area (Å²) >= 11 is 6.15. The number of carbonyl (C=O) groups is 2. The maximum absolute atomic E-state index is 12.5. The molecule has 0 aliphatic carbocycles. The van der Waals surface area contributed by atoms with Crippen LogP contribution >= 0.6 is 11.6 Å². The molecule has 0 saturated carbocycles. The number of halogens is 1. The van der Waals surface area contributed by atoms with Crippen LogP contribution in [0.3, 0.4) is 0 Å². The van der Waals surface area contributed by atoms with Gasteiger partial charge in [-0.25, -0.2) is 9.59 Å². The molecule has 3 aromatic carbocycles. The molecule has 0 aliphatic rings. The third-order valence-electron chi connectivity index (χ3n) is 4.56. The summed E-state index contributed by atoms with van der Waals surface area (Å²) < 4.78 is 16.2. The Bertz CT molecular complexity index is 1040. The molecule has 0 spiro atoms. The highest BCUT2D eigenvalue weighted by Gasteiger charge is 2.17. The number of rotatable bonds is 8. The minimum absolute atomic E-state index is 0.129. The zero-order valence-corrected chi connectivity index (χ0v) is 18.1. The van der Waals surface area contributed by atoms with E-state index < -0.39 is 11.9 Å². The zero-order chi connectivity index (χ0) is 22.2. The molecule has 0 N–H and O–H groups in total. The van der Waals surface area contributed by atoms with Crippen molar-refractivity contribution in [1.82, 2.24) is 0 Å². The SMILES string of the molecule is Cc1cc(OCC(=O)Oc2ccccc2C(=O)OCCc2ccccc2)cc(C)c1Cl. The second-order valence-corrected chi connectivity index (χ2v) is 7.38. The average Bonchev–Trinajstić information content (AvgIpc) is 2.77. The molecule has 0 saturated heterocycles. The van der Waals surface area contributed by atoms with E-state index >= 15 is 0 Å². The fourth-order valence-electron chi connectivity index (χ4n) is 2.99. The Kier molecular flexibility index (Phi) is 7.68. The van der Waals surface area contributed by atoms with E-state index in [1.54, 1.807) is 36.4 Å². The molecule has 3 rings (SSSR count). The van der Waals surface area contributed by atoms with E-state index in [4.69, 9.17) is 25.8 Å². The van der Waals surface area contributed by atoms with Crippen molar-refractivity contribution in [3.05, 3.63) is 94.0 Å². The van der Waals surface area contributed by atoms with Gasteiger partial charge >= 0.3 is 11.9 Å². The van der Waals surface area contributed by atoms with Crippen LogP contribution < -0.4 is 9.47 Å². The first kappa shape index (κ1) is 22.4. The van der Waals surface area contributed by atoms with Gasteiger partial charge in [-0.1, -0.05) is 54.1 Å². The Morgan fingerprint density at radius 3 is 2.26 bits per heavy atom. The largest absolute Gasteiger partial charge is 0.482 e. The van der Waals surface area contributed by atoms with Crippen molar-refractivity contribution in [3.8, 4) is 11.5 Å². The van der Waals surface area contributed by atoms with Crippen LogP contribution in [0.4, 0.5) is 0 Å². The summed E-state index contributed by atoms with van der Waals surface area (Å²) in [5.74, 6) is -0.534. The zero-order valence-electron chi connectivity index (χ0n) is 17.4. The Hall–Kier alpha value is -3.31. The van der Waals surface area contributed by atoms with E-state index in [0.717, 1.165) is 16.7 Å². The molecule has 0 atom stereocenters. The van der Waals surface area contributed by atoms with E-state index in [9.17, 15) is 9.59 Å². The first-order valence-corrected chi connectivity index (χ1v) is 10.2. The maximum atomic E-state index is 12.5. The first-order valence-electron chi connectivity index (χ1n) is 9.84. The van der Waals surface area contributed by atoms with Crippen molar-refractivity contribution in [2.24, 2.45) is 0 Å². The Labute approximate surface area is 186 Å². The van der Waals surface area contributed by atoms with E-state index in [1.807, 2.05) is 44.2 Å². The minimum Gasteiger partial charge on any atom is -0.482 e. The lowest BCUT2D eigenvalue weighted by Gasteiger charge is -2.12. The van der Waals surface area contributed by atoms with Crippen LogP contribution in [0.1, 0.15) is 27.0 Å². The number of hydrogen-bond acceptors (Lipinski definition) is 5. The molecule has 0 radical (unpaired) electrons. The van der Waals surface area contributed by atoms with Crippen LogP contribution in [-0.4, -0.2) is 25.2 Å². The Balaban J connectivity index is 1.56. The summed E-state index contributed by atoms with van der Waals surface area (Å²) in [4.78, 5) is 24.7. The number of para-hydroxylation sites is 1. The molecular formula is C25H23ClO5. The second-order valence-electron chi connectivity index (χ2n) is 7.00. The van der Waals surface area contributed by atoms with Crippen LogP contribution in [0.15, 0.2) is 66.7 Å². The topological polar surface area (TPSA) is 61.8 Å². The summed E-state index contributed by atoms with van der Waals surface area (Å²) in [6, 6.07) is 19.7. The predicted molar refractivity (Wildman–Crippen MR) is 119 cm³/mol. The van der Waals surface area contributed by atoms with Crippen molar-refractivity contribution in [2.75, 3.05) is 13.2 Å². The van der Waals surface area contributed by atoms with Crippen molar-refractivity contribution in [2.45, 2.75) is 20.3 Å². The van der Waals surface area contributed by atoms with Gasteiger partial charge in [-0.15, -0.1) is 0 Å². The molecule has 0 amide bonds. The molecule has 0 heterocycles. The molecular weight excluding hydrogens is 416 g/mol. The number of esters is 2. The van der Waals surface area contributed by atoms with Gasteiger partial charge in [0.05, 0.1) is 6.61 Å². The van der Waals surface area contributed by atoms with E-state index in [-0.39, 0.29) is 24.5 Å². The fourth-order valence-corrected chi connectivity index (χ4v) is 3.10. The van der Waals surface area contributed by atoms with E-state index in [2.05, 4.69) is 0 Å². The van der Waals surface area contributed by atoms with Crippen LogP contribution in [-0.2, 0) is 16.0 Å². The predicted octanol–water partition coefficient (Wildman–Crippen LogP) is 5.34. The van der Waals surface area contributed by atoms with Crippen LogP contribution in [0.2, 0.25) is 5.02 Å². The molecule has 0 bridgehead atoms. The maximum Gasteiger partial charge on any atom is 0.349 e. The van der Waals surface area contributed by atoms with Crippen molar-refractivity contribution in [3.63, 3.8) is 0 Å². The quantitative estimate of drug-likeness (QED) is 0.351. The van der Waals surface area contributed by atoms with Gasteiger partial charge in [0, 0.05) is 11.4 Å². The second kappa shape index (κ2) is 10.6. The first-order chi connectivity index (χ1) is 14.9. The monoisotopic (exact) mass is 438 g/mol. The number of hydrogen-bond donors (Lipinski definition) is 0. The van der Waals surface area contributed by atoms with Gasteiger partial charge in [-0.2, -0.15) is 0 Å². The molecule has 31 heavy (non-hydrogen) atoms. The number of ether oxygens (including phenoxy) is 3. The summed E-state index contributed by atoms with van der Waals surface area (Å²) in [6.07, 6.45) is 0.600. The highest BCUT2D eigenvalue weighted by Crippen LogP contribution is 2.26. The number of benzene rings is 3.